The molecule has 0 bridgehead atoms. The van der Waals surface area contributed by atoms with Gasteiger partial charge in [-0.3, -0.25) is 4.90 Å². The Labute approximate surface area is 144 Å². The van der Waals surface area contributed by atoms with Gasteiger partial charge in [-0.25, -0.2) is 17.5 Å². The maximum atomic E-state index is 12.9. The van der Waals surface area contributed by atoms with E-state index in [4.69, 9.17) is 4.74 Å². The molecule has 1 aromatic rings. The van der Waals surface area contributed by atoms with Gasteiger partial charge in [-0.1, -0.05) is 26.0 Å². The zero-order chi connectivity index (χ0) is 17.6. The first-order valence-electron chi connectivity index (χ1n) is 8.39. The van der Waals surface area contributed by atoms with Crippen molar-refractivity contribution in [3.8, 4) is 0 Å². The Balaban J connectivity index is 1.94. The van der Waals surface area contributed by atoms with E-state index in [0.717, 1.165) is 19.5 Å². The van der Waals surface area contributed by atoms with E-state index >= 15 is 0 Å². The van der Waals surface area contributed by atoms with Crippen molar-refractivity contribution in [1.82, 2.24) is 9.62 Å². The van der Waals surface area contributed by atoms with Gasteiger partial charge in [-0.05, 0) is 30.0 Å². The van der Waals surface area contributed by atoms with Gasteiger partial charge in [0.05, 0.1) is 19.0 Å². The molecule has 0 radical (unpaired) electrons. The molecule has 0 saturated carbocycles. The fraction of sp³-hybridized carbons (Fsp3) is 0.647. The topological polar surface area (TPSA) is 58.6 Å². The van der Waals surface area contributed by atoms with Crippen molar-refractivity contribution in [1.29, 1.82) is 0 Å². The number of morpholine rings is 1. The minimum absolute atomic E-state index is 0.134. The van der Waals surface area contributed by atoms with Crippen LogP contribution >= 0.6 is 0 Å². The summed E-state index contributed by atoms with van der Waals surface area (Å²) >= 11 is 0. The van der Waals surface area contributed by atoms with Crippen molar-refractivity contribution < 1.29 is 17.5 Å². The Morgan fingerprint density at radius 1 is 1.21 bits per heavy atom. The summed E-state index contributed by atoms with van der Waals surface area (Å²) < 4.78 is 45.6. The lowest BCUT2D eigenvalue weighted by Gasteiger charge is -2.35. The first kappa shape index (κ1) is 19.3. The van der Waals surface area contributed by atoms with Gasteiger partial charge in [0.1, 0.15) is 5.82 Å². The van der Waals surface area contributed by atoms with Crippen LogP contribution in [-0.4, -0.2) is 52.2 Å². The molecule has 1 atom stereocenters. The molecule has 5 nitrogen and oxygen atoms in total. The maximum absolute atomic E-state index is 12.9. The van der Waals surface area contributed by atoms with Crippen molar-refractivity contribution in [2.75, 3.05) is 32.8 Å². The van der Waals surface area contributed by atoms with E-state index in [-0.39, 0.29) is 17.6 Å². The fourth-order valence-corrected chi connectivity index (χ4v) is 4.10. The molecule has 0 spiro atoms. The van der Waals surface area contributed by atoms with Gasteiger partial charge in [-0.2, -0.15) is 0 Å². The zero-order valence-corrected chi connectivity index (χ0v) is 15.2. The number of ether oxygens (including phenoxy) is 1. The molecule has 1 aromatic carbocycles. The highest BCUT2D eigenvalue weighted by molar-refractivity contribution is 7.88. The van der Waals surface area contributed by atoms with Crippen molar-refractivity contribution in [2.45, 2.75) is 32.1 Å². The summed E-state index contributed by atoms with van der Waals surface area (Å²) in [5.74, 6) is -0.0157. The molecular formula is C17H27FN2O3S. The number of nitrogens with one attached hydrogen (secondary N) is 1. The van der Waals surface area contributed by atoms with Crippen LogP contribution in [0.1, 0.15) is 25.8 Å². The molecule has 2 rings (SSSR count). The molecule has 1 heterocycles. The van der Waals surface area contributed by atoms with Gasteiger partial charge >= 0.3 is 0 Å². The smallest absolute Gasteiger partial charge is 0.215 e. The van der Waals surface area contributed by atoms with Gasteiger partial charge in [0.25, 0.3) is 0 Å². The minimum Gasteiger partial charge on any atom is -0.379 e. The Hall–Kier alpha value is -1.02. The van der Waals surface area contributed by atoms with Gasteiger partial charge < -0.3 is 4.74 Å². The highest BCUT2D eigenvalue weighted by Gasteiger charge is 2.23. The second kappa shape index (κ2) is 8.89. The van der Waals surface area contributed by atoms with Crippen LogP contribution in [0.3, 0.4) is 0 Å². The molecule has 1 aliphatic heterocycles. The van der Waals surface area contributed by atoms with Crippen LogP contribution in [0, 0.1) is 11.7 Å². The predicted molar refractivity (Wildman–Crippen MR) is 92.7 cm³/mol. The summed E-state index contributed by atoms with van der Waals surface area (Å²) in [4.78, 5) is 2.30. The van der Waals surface area contributed by atoms with Crippen LogP contribution < -0.4 is 4.72 Å². The molecule has 7 heteroatoms. The van der Waals surface area contributed by atoms with E-state index in [1.807, 2.05) is 0 Å². The average molecular weight is 358 g/mol. The molecule has 1 aliphatic rings. The molecule has 136 valence electrons. The molecule has 0 aromatic heterocycles. The van der Waals surface area contributed by atoms with Crippen LogP contribution in [-0.2, 0) is 20.5 Å². The molecule has 0 amide bonds. The van der Waals surface area contributed by atoms with Crippen molar-refractivity contribution in [3.05, 3.63) is 35.6 Å². The number of hydrogen-bond donors (Lipinski definition) is 1. The van der Waals surface area contributed by atoms with E-state index in [0.29, 0.717) is 31.2 Å². The highest BCUT2D eigenvalue weighted by Crippen LogP contribution is 2.14. The van der Waals surface area contributed by atoms with Crippen molar-refractivity contribution in [2.24, 2.45) is 5.92 Å². The average Bonchev–Trinajstić information content (AvgIpc) is 2.54. The third kappa shape index (κ3) is 6.47. The third-order valence-electron chi connectivity index (χ3n) is 4.11. The number of nitrogens with zero attached hydrogens (tertiary/aromatic N) is 1. The summed E-state index contributed by atoms with van der Waals surface area (Å²) in [6.45, 7) is 7.71. The molecule has 1 fully saturated rings. The van der Waals surface area contributed by atoms with E-state index in [1.54, 1.807) is 0 Å². The Kier molecular flexibility index (Phi) is 7.16. The minimum atomic E-state index is -3.45. The number of rotatable bonds is 8. The standard InChI is InChI=1S/C17H27FN2O3S/c1-14(2)11-17(20-7-9-23-10-8-20)12-19-24(21,22)13-15-3-5-16(18)6-4-15/h3-6,14,17,19H,7-13H2,1-2H3. The van der Waals surface area contributed by atoms with Crippen LogP contribution in [0.5, 0.6) is 0 Å². The first-order valence-corrected chi connectivity index (χ1v) is 10.0. The van der Waals surface area contributed by atoms with Crippen molar-refractivity contribution >= 4 is 10.0 Å². The predicted octanol–water partition coefficient (Wildman–Crippen LogP) is 1.99. The zero-order valence-electron chi connectivity index (χ0n) is 14.4. The number of benzene rings is 1. The van der Waals surface area contributed by atoms with E-state index < -0.39 is 10.0 Å². The van der Waals surface area contributed by atoms with Crippen molar-refractivity contribution in [3.63, 3.8) is 0 Å². The van der Waals surface area contributed by atoms with Crippen LogP contribution in [0.4, 0.5) is 4.39 Å². The molecule has 1 N–H and O–H groups in total. The van der Waals surface area contributed by atoms with Crippen LogP contribution in [0.25, 0.3) is 0 Å². The first-order chi connectivity index (χ1) is 11.4. The lowest BCUT2D eigenvalue weighted by molar-refractivity contribution is 0.0134. The molecule has 0 aliphatic carbocycles. The lowest BCUT2D eigenvalue weighted by Crippen LogP contribution is -2.49. The van der Waals surface area contributed by atoms with E-state index in [1.165, 1.54) is 24.3 Å². The summed E-state index contributed by atoms with van der Waals surface area (Å²) in [6.07, 6.45) is 0.930. The van der Waals surface area contributed by atoms with Gasteiger partial charge in [0, 0.05) is 25.7 Å². The monoisotopic (exact) mass is 358 g/mol. The summed E-state index contributed by atoms with van der Waals surface area (Å²) in [5, 5.41) is 0. The second-order valence-corrected chi connectivity index (χ2v) is 8.47. The molecule has 1 unspecified atom stereocenters. The normalized spacial score (nSPS) is 18.0. The Morgan fingerprint density at radius 3 is 2.42 bits per heavy atom. The number of sulfonamides is 1. The van der Waals surface area contributed by atoms with Gasteiger partial charge in [0.2, 0.25) is 10.0 Å². The SMILES string of the molecule is CC(C)CC(CNS(=O)(=O)Cc1ccc(F)cc1)N1CCOCC1. The summed E-state index contributed by atoms with van der Waals surface area (Å²) in [5.41, 5.74) is 0.579. The largest absolute Gasteiger partial charge is 0.379 e. The van der Waals surface area contributed by atoms with Crippen LogP contribution in [0.2, 0.25) is 0 Å². The second-order valence-electron chi connectivity index (χ2n) is 6.67. The third-order valence-corrected chi connectivity index (χ3v) is 5.43. The van der Waals surface area contributed by atoms with E-state index in [2.05, 4.69) is 23.5 Å². The summed E-state index contributed by atoms with van der Waals surface area (Å²) in [6, 6.07) is 5.72. The molecular weight excluding hydrogens is 331 g/mol. The van der Waals surface area contributed by atoms with Gasteiger partial charge in [0.15, 0.2) is 0 Å². The Bertz CT molecular complexity index is 599. The Morgan fingerprint density at radius 2 is 1.83 bits per heavy atom. The van der Waals surface area contributed by atoms with E-state index in [9.17, 15) is 12.8 Å². The fourth-order valence-electron chi connectivity index (χ4n) is 2.92. The number of halogens is 1. The quantitative estimate of drug-likeness (QED) is 0.772. The van der Waals surface area contributed by atoms with Crippen LogP contribution in [0.15, 0.2) is 24.3 Å². The van der Waals surface area contributed by atoms with Gasteiger partial charge in [-0.15, -0.1) is 0 Å². The summed E-state index contributed by atoms with van der Waals surface area (Å²) in [7, 11) is -3.45. The highest BCUT2D eigenvalue weighted by atomic mass is 32.2. The lowest BCUT2D eigenvalue weighted by atomic mass is 10.0. The number of hydrogen-bond acceptors (Lipinski definition) is 4. The molecule has 1 saturated heterocycles. The molecule has 24 heavy (non-hydrogen) atoms. The maximum Gasteiger partial charge on any atom is 0.215 e.